The number of nitrogens with zero attached hydrogens (tertiary/aromatic N) is 1. The van der Waals surface area contributed by atoms with Crippen molar-refractivity contribution >= 4 is 22.8 Å². The summed E-state index contributed by atoms with van der Waals surface area (Å²) in [4.78, 5) is 29.5. The van der Waals surface area contributed by atoms with E-state index in [1.165, 1.54) is 0 Å². The smallest absolute Gasteiger partial charge is 0.339 e. The molecule has 3 rings (SSSR count). The Morgan fingerprint density at radius 1 is 1.06 bits per heavy atom. The van der Waals surface area contributed by atoms with Crippen LogP contribution >= 0.6 is 0 Å². The summed E-state index contributed by atoms with van der Waals surface area (Å²) in [6, 6.07) is 17.1. The van der Waals surface area contributed by atoms with Crippen molar-refractivity contribution in [2.45, 2.75) is 33.3 Å². The van der Waals surface area contributed by atoms with Gasteiger partial charge in [0.05, 0.1) is 22.9 Å². The molecule has 0 saturated carbocycles. The highest BCUT2D eigenvalue weighted by molar-refractivity contribution is 6.05. The molecule has 0 aliphatic rings. The van der Waals surface area contributed by atoms with Gasteiger partial charge in [-0.05, 0) is 39.3 Å². The molecule has 0 aliphatic heterocycles. The van der Waals surface area contributed by atoms with E-state index < -0.39 is 5.97 Å². The number of hydrogen-bond donors (Lipinski definition) is 1. The lowest BCUT2D eigenvalue weighted by molar-refractivity contribution is -0.124. The van der Waals surface area contributed by atoms with Gasteiger partial charge in [-0.15, -0.1) is 0 Å². The number of aromatic nitrogens is 1. The maximum Gasteiger partial charge on any atom is 0.339 e. The number of amides is 1. The first-order valence-corrected chi connectivity index (χ1v) is 10.5. The van der Waals surface area contributed by atoms with Crippen molar-refractivity contribution in [2.75, 3.05) is 19.8 Å². The number of hydrogen-bond acceptors (Lipinski definition) is 5. The zero-order valence-corrected chi connectivity index (χ0v) is 18.2. The van der Waals surface area contributed by atoms with Gasteiger partial charge in [0.25, 0.3) is 5.91 Å². The fraction of sp³-hybridized carbons (Fsp3) is 0.320. The van der Waals surface area contributed by atoms with Crippen molar-refractivity contribution in [3.05, 3.63) is 65.7 Å². The van der Waals surface area contributed by atoms with Crippen LogP contribution in [0, 0.1) is 6.92 Å². The summed E-state index contributed by atoms with van der Waals surface area (Å²) in [5.74, 6) is -0.889. The molecule has 0 saturated heterocycles. The van der Waals surface area contributed by atoms with Gasteiger partial charge in [-0.3, -0.25) is 4.79 Å². The second-order valence-electron chi connectivity index (χ2n) is 7.64. The highest BCUT2D eigenvalue weighted by atomic mass is 16.5. The van der Waals surface area contributed by atoms with E-state index in [1.807, 2.05) is 69.3 Å². The molecule has 2 aromatic carbocycles. The Bertz CT molecular complexity index is 1050. The summed E-state index contributed by atoms with van der Waals surface area (Å²) in [6.45, 7) is 6.65. The first-order valence-electron chi connectivity index (χ1n) is 10.5. The predicted molar refractivity (Wildman–Crippen MR) is 121 cm³/mol. The van der Waals surface area contributed by atoms with Crippen molar-refractivity contribution in [1.82, 2.24) is 10.3 Å². The minimum Gasteiger partial charge on any atom is -0.452 e. The number of aryl methyl sites for hydroxylation is 1. The van der Waals surface area contributed by atoms with Crippen LogP contribution in [0.3, 0.4) is 0 Å². The van der Waals surface area contributed by atoms with E-state index in [4.69, 9.17) is 9.47 Å². The number of nitrogens with one attached hydrogen (secondary N) is 1. The number of carbonyl (C=O) groups is 2. The van der Waals surface area contributed by atoms with Gasteiger partial charge in [-0.2, -0.15) is 0 Å². The number of ether oxygens (including phenoxy) is 2. The second-order valence-corrected chi connectivity index (χ2v) is 7.64. The van der Waals surface area contributed by atoms with Crippen molar-refractivity contribution < 1.29 is 19.1 Å². The molecule has 0 spiro atoms. The van der Waals surface area contributed by atoms with Crippen LogP contribution < -0.4 is 5.32 Å². The number of benzene rings is 2. The Kier molecular flexibility index (Phi) is 7.73. The van der Waals surface area contributed by atoms with Crippen LogP contribution in [0.15, 0.2) is 54.6 Å². The minimum absolute atomic E-state index is 0.164. The fourth-order valence-electron chi connectivity index (χ4n) is 3.10. The maximum absolute atomic E-state index is 12.8. The molecule has 1 N–H and O–H groups in total. The normalized spacial score (nSPS) is 11.0. The first kappa shape index (κ1) is 22.4. The molecule has 31 heavy (non-hydrogen) atoms. The monoisotopic (exact) mass is 420 g/mol. The number of rotatable bonds is 9. The van der Waals surface area contributed by atoms with E-state index in [-0.39, 0.29) is 18.6 Å². The van der Waals surface area contributed by atoms with Crippen LogP contribution in [-0.2, 0) is 14.3 Å². The van der Waals surface area contributed by atoms with Gasteiger partial charge in [0.15, 0.2) is 6.61 Å². The SMILES string of the molecule is Cc1ccc(-c2cc(C(=O)OCC(=O)NCCCOC(C)C)c3ccccc3n2)cc1. The Morgan fingerprint density at radius 3 is 2.55 bits per heavy atom. The average molecular weight is 421 g/mol. The van der Waals surface area contributed by atoms with Crippen LogP contribution in [0.1, 0.15) is 36.2 Å². The molecule has 6 heteroatoms. The predicted octanol–water partition coefficient (Wildman–Crippen LogP) is 4.30. The molecule has 1 aromatic heterocycles. The van der Waals surface area contributed by atoms with Gasteiger partial charge in [-0.1, -0.05) is 48.0 Å². The number of fused-ring (bicyclic) bond motifs is 1. The van der Waals surface area contributed by atoms with Gasteiger partial charge in [0.1, 0.15) is 0 Å². The van der Waals surface area contributed by atoms with E-state index >= 15 is 0 Å². The largest absolute Gasteiger partial charge is 0.452 e. The topological polar surface area (TPSA) is 77.5 Å². The van der Waals surface area contributed by atoms with E-state index in [9.17, 15) is 9.59 Å². The average Bonchev–Trinajstić information content (AvgIpc) is 2.76. The van der Waals surface area contributed by atoms with E-state index in [0.29, 0.717) is 41.7 Å². The third-order valence-corrected chi connectivity index (χ3v) is 4.71. The number of esters is 1. The van der Waals surface area contributed by atoms with Crippen molar-refractivity contribution in [1.29, 1.82) is 0 Å². The summed E-state index contributed by atoms with van der Waals surface area (Å²) < 4.78 is 10.7. The minimum atomic E-state index is -0.551. The van der Waals surface area contributed by atoms with Gasteiger partial charge in [0.2, 0.25) is 0 Å². The summed E-state index contributed by atoms with van der Waals surface area (Å²) in [7, 11) is 0. The maximum atomic E-state index is 12.8. The molecule has 0 unspecified atom stereocenters. The highest BCUT2D eigenvalue weighted by Crippen LogP contribution is 2.25. The van der Waals surface area contributed by atoms with Gasteiger partial charge >= 0.3 is 5.97 Å². The van der Waals surface area contributed by atoms with Crippen LogP contribution in [0.25, 0.3) is 22.2 Å². The lowest BCUT2D eigenvalue weighted by Gasteiger charge is -2.11. The number of pyridine rings is 1. The molecule has 0 fully saturated rings. The fourth-order valence-corrected chi connectivity index (χ4v) is 3.10. The quantitative estimate of drug-likeness (QED) is 0.413. The lowest BCUT2D eigenvalue weighted by atomic mass is 10.0. The van der Waals surface area contributed by atoms with E-state index in [2.05, 4.69) is 10.3 Å². The molecule has 6 nitrogen and oxygen atoms in total. The summed E-state index contributed by atoms with van der Waals surface area (Å²) >= 11 is 0. The standard InChI is InChI=1S/C25H28N2O4/c1-17(2)30-14-6-13-26-24(28)16-31-25(29)21-15-23(19-11-9-18(3)10-12-19)27-22-8-5-4-7-20(21)22/h4-5,7-12,15,17H,6,13-14,16H2,1-3H3,(H,26,28). The second kappa shape index (κ2) is 10.7. The molecule has 1 heterocycles. The molecular weight excluding hydrogens is 392 g/mol. The third kappa shape index (κ3) is 6.36. The zero-order valence-electron chi connectivity index (χ0n) is 18.2. The third-order valence-electron chi connectivity index (χ3n) is 4.71. The highest BCUT2D eigenvalue weighted by Gasteiger charge is 2.16. The van der Waals surface area contributed by atoms with Crippen molar-refractivity contribution in [3.63, 3.8) is 0 Å². The van der Waals surface area contributed by atoms with Gasteiger partial charge in [0, 0.05) is 24.1 Å². The molecule has 162 valence electrons. The Morgan fingerprint density at radius 2 is 1.81 bits per heavy atom. The van der Waals surface area contributed by atoms with E-state index in [1.54, 1.807) is 6.07 Å². The number of carbonyl (C=O) groups excluding carboxylic acids is 2. The van der Waals surface area contributed by atoms with Gasteiger partial charge in [-0.25, -0.2) is 9.78 Å². The zero-order chi connectivity index (χ0) is 22.2. The molecule has 3 aromatic rings. The Hall–Kier alpha value is -3.25. The molecule has 0 bridgehead atoms. The van der Waals surface area contributed by atoms with Crippen LogP contribution in [0.5, 0.6) is 0 Å². The summed E-state index contributed by atoms with van der Waals surface area (Å²) in [6.07, 6.45) is 0.865. The molecule has 0 aliphatic carbocycles. The van der Waals surface area contributed by atoms with Crippen LogP contribution in [-0.4, -0.2) is 42.7 Å². The Labute approximate surface area is 182 Å². The van der Waals surface area contributed by atoms with Gasteiger partial charge < -0.3 is 14.8 Å². The lowest BCUT2D eigenvalue weighted by Crippen LogP contribution is -2.30. The molecular formula is C25H28N2O4. The Balaban J connectivity index is 1.68. The molecule has 0 radical (unpaired) electrons. The number of para-hydroxylation sites is 1. The van der Waals surface area contributed by atoms with Crippen LogP contribution in [0.4, 0.5) is 0 Å². The molecule has 1 amide bonds. The molecule has 0 atom stereocenters. The summed E-state index contributed by atoms with van der Waals surface area (Å²) in [5, 5.41) is 3.42. The van der Waals surface area contributed by atoms with Crippen LogP contribution in [0.2, 0.25) is 0 Å². The first-order chi connectivity index (χ1) is 14.9. The summed E-state index contributed by atoms with van der Waals surface area (Å²) in [5.41, 5.74) is 3.82. The van der Waals surface area contributed by atoms with Crippen molar-refractivity contribution in [2.24, 2.45) is 0 Å². The van der Waals surface area contributed by atoms with E-state index in [0.717, 1.165) is 11.1 Å². The van der Waals surface area contributed by atoms with Crippen molar-refractivity contribution in [3.8, 4) is 11.3 Å².